The molecule has 1 atom stereocenters. The summed E-state index contributed by atoms with van der Waals surface area (Å²) in [6.45, 7) is 13.1. The maximum atomic E-state index is 13.1. The van der Waals surface area contributed by atoms with E-state index >= 15 is 0 Å². The average molecular weight is 425 g/mol. The number of nitrogens with zero attached hydrogens (tertiary/aromatic N) is 1. The normalized spacial score (nSPS) is 12.2. The number of aryl methyl sites for hydroxylation is 1. The molecule has 168 valence electrons. The molecule has 2 amide bonds. The van der Waals surface area contributed by atoms with E-state index in [-0.39, 0.29) is 23.8 Å². The van der Waals surface area contributed by atoms with Gasteiger partial charge in [0.15, 0.2) is 6.61 Å². The third-order valence-corrected chi connectivity index (χ3v) is 5.27. The third-order valence-electron chi connectivity index (χ3n) is 5.27. The Hall–Kier alpha value is -2.82. The minimum atomic E-state index is -0.591. The lowest BCUT2D eigenvalue weighted by atomic mass is 9.87. The van der Waals surface area contributed by atoms with Gasteiger partial charge in [-0.05, 0) is 48.9 Å². The molecule has 31 heavy (non-hydrogen) atoms. The summed E-state index contributed by atoms with van der Waals surface area (Å²) >= 11 is 0. The largest absolute Gasteiger partial charge is 0.484 e. The van der Waals surface area contributed by atoms with Crippen LogP contribution in [0.3, 0.4) is 0 Å². The minimum Gasteiger partial charge on any atom is -0.484 e. The van der Waals surface area contributed by atoms with Gasteiger partial charge in [0, 0.05) is 13.1 Å². The van der Waals surface area contributed by atoms with Gasteiger partial charge in [0.25, 0.3) is 5.91 Å². The van der Waals surface area contributed by atoms with Crippen molar-refractivity contribution >= 4 is 11.8 Å². The van der Waals surface area contributed by atoms with E-state index in [4.69, 9.17) is 4.74 Å². The molecule has 0 heterocycles. The Bertz CT molecular complexity index is 852. The zero-order chi connectivity index (χ0) is 23.0. The Labute approximate surface area is 186 Å². The van der Waals surface area contributed by atoms with Crippen molar-refractivity contribution in [1.82, 2.24) is 10.2 Å². The van der Waals surface area contributed by atoms with E-state index < -0.39 is 6.04 Å². The van der Waals surface area contributed by atoms with Crippen molar-refractivity contribution in [2.24, 2.45) is 0 Å². The second-order valence-corrected chi connectivity index (χ2v) is 9.04. The van der Waals surface area contributed by atoms with Gasteiger partial charge in [0.05, 0.1) is 0 Å². The fraction of sp³-hybridized carbons (Fsp3) is 0.462. The number of carbonyl (C=O) groups excluding carboxylic acids is 2. The lowest BCUT2D eigenvalue weighted by Gasteiger charge is -2.29. The lowest BCUT2D eigenvalue weighted by Crippen LogP contribution is -2.49. The van der Waals surface area contributed by atoms with Crippen LogP contribution >= 0.6 is 0 Å². The maximum absolute atomic E-state index is 13.1. The number of rotatable bonds is 9. The van der Waals surface area contributed by atoms with Crippen LogP contribution in [0.2, 0.25) is 0 Å². The van der Waals surface area contributed by atoms with Gasteiger partial charge in [-0.1, -0.05) is 69.7 Å². The fourth-order valence-corrected chi connectivity index (χ4v) is 3.15. The summed E-state index contributed by atoms with van der Waals surface area (Å²) in [5.74, 6) is 0.260. The Kier molecular flexibility index (Phi) is 8.66. The predicted molar refractivity (Wildman–Crippen MR) is 125 cm³/mol. The van der Waals surface area contributed by atoms with Crippen molar-refractivity contribution in [1.29, 1.82) is 0 Å². The number of benzene rings is 2. The molecule has 2 rings (SSSR count). The summed E-state index contributed by atoms with van der Waals surface area (Å²) in [6.07, 6.45) is 0.845. The molecule has 0 aliphatic rings. The van der Waals surface area contributed by atoms with E-state index in [1.807, 2.05) is 62.4 Å². The molecule has 0 spiro atoms. The minimum absolute atomic E-state index is 0.0560. The van der Waals surface area contributed by atoms with Crippen molar-refractivity contribution in [2.45, 2.75) is 66.0 Å². The van der Waals surface area contributed by atoms with Gasteiger partial charge in [-0.2, -0.15) is 0 Å². The van der Waals surface area contributed by atoms with Crippen molar-refractivity contribution in [3.05, 3.63) is 65.2 Å². The van der Waals surface area contributed by atoms with Gasteiger partial charge in [0.1, 0.15) is 11.8 Å². The molecule has 2 aromatic carbocycles. The molecular formula is C26H36N2O3. The monoisotopic (exact) mass is 424 g/mol. The van der Waals surface area contributed by atoms with Gasteiger partial charge in [-0.3, -0.25) is 9.59 Å². The summed E-state index contributed by atoms with van der Waals surface area (Å²) in [4.78, 5) is 27.2. The summed E-state index contributed by atoms with van der Waals surface area (Å²) in [5, 5.41) is 2.88. The van der Waals surface area contributed by atoms with Gasteiger partial charge in [-0.15, -0.1) is 0 Å². The zero-order valence-electron chi connectivity index (χ0n) is 19.7. The molecule has 0 bridgehead atoms. The number of hydrogen-bond acceptors (Lipinski definition) is 3. The molecule has 0 radical (unpaired) electrons. The molecule has 0 unspecified atom stereocenters. The number of amides is 2. The molecular weight excluding hydrogens is 388 g/mol. The van der Waals surface area contributed by atoms with Gasteiger partial charge < -0.3 is 15.0 Å². The number of carbonyl (C=O) groups is 2. The molecule has 1 N–H and O–H groups in total. The Morgan fingerprint density at radius 2 is 1.65 bits per heavy atom. The zero-order valence-corrected chi connectivity index (χ0v) is 19.7. The van der Waals surface area contributed by atoms with Crippen LogP contribution in [0.1, 0.15) is 57.7 Å². The highest BCUT2D eigenvalue weighted by atomic mass is 16.5. The lowest BCUT2D eigenvalue weighted by molar-refractivity contribution is -0.142. The van der Waals surface area contributed by atoms with Crippen LogP contribution in [-0.2, 0) is 21.5 Å². The predicted octanol–water partition coefficient (Wildman–Crippen LogP) is 4.61. The maximum Gasteiger partial charge on any atom is 0.261 e. The third kappa shape index (κ3) is 7.42. The number of ether oxygens (including phenoxy) is 1. The second kappa shape index (κ2) is 11.0. The van der Waals surface area contributed by atoms with Crippen molar-refractivity contribution < 1.29 is 14.3 Å². The van der Waals surface area contributed by atoms with Crippen LogP contribution in [-0.4, -0.2) is 35.9 Å². The molecule has 5 nitrogen and oxygen atoms in total. The van der Waals surface area contributed by atoms with Crippen LogP contribution in [0.5, 0.6) is 5.75 Å². The molecule has 0 aliphatic carbocycles. The number of nitrogens with one attached hydrogen (secondary N) is 1. The molecule has 0 saturated heterocycles. The summed E-state index contributed by atoms with van der Waals surface area (Å²) in [7, 11) is 0. The SMILES string of the molecule is CCCNC(=O)[C@@H](C)N(Cc1ccc(C)cc1)C(=O)COc1ccc(C(C)(C)C)cc1. The van der Waals surface area contributed by atoms with Crippen LogP contribution in [0.15, 0.2) is 48.5 Å². The van der Waals surface area contributed by atoms with Crippen molar-refractivity contribution in [3.63, 3.8) is 0 Å². The van der Waals surface area contributed by atoms with Gasteiger partial charge in [-0.25, -0.2) is 0 Å². The Balaban J connectivity index is 2.10. The van der Waals surface area contributed by atoms with E-state index in [0.717, 1.165) is 17.5 Å². The van der Waals surface area contributed by atoms with E-state index in [0.29, 0.717) is 18.8 Å². The fourth-order valence-electron chi connectivity index (χ4n) is 3.15. The topological polar surface area (TPSA) is 58.6 Å². The van der Waals surface area contributed by atoms with Crippen LogP contribution in [0.25, 0.3) is 0 Å². The van der Waals surface area contributed by atoms with Crippen LogP contribution in [0, 0.1) is 6.92 Å². The van der Waals surface area contributed by atoms with E-state index in [2.05, 4.69) is 26.1 Å². The summed E-state index contributed by atoms with van der Waals surface area (Å²) in [5.41, 5.74) is 3.38. The molecule has 2 aromatic rings. The van der Waals surface area contributed by atoms with Gasteiger partial charge >= 0.3 is 0 Å². The first-order valence-corrected chi connectivity index (χ1v) is 11.0. The highest BCUT2D eigenvalue weighted by molar-refractivity contribution is 5.87. The highest BCUT2D eigenvalue weighted by Gasteiger charge is 2.26. The molecule has 0 saturated carbocycles. The standard InChI is InChI=1S/C26H36N2O3/c1-7-16-27-25(30)20(3)28(17-21-10-8-19(2)9-11-21)24(29)18-31-23-14-12-22(13-15-23)26(4,5)6/h8-15,20H,7,16-18H2,1-6H3,(H,27,30)/t20-/m1/s1. The van der Waals surface area contributed by atoms with Crippen LogP contribution in [0.4, 0.5) is 0 Å². The second-order valence-electron chi connectivity index (χ2n) is 9.04. The number of hydrogen-bond donors (Lipinski definition) is 1. The van der Waals surface area contributed by atoms with Crippen molar-refractivity contribution in [2.75, 3.05) is 13.2 Å². The van der Waals surface area contributed by atoms with Crippen LogP contribution < -0.4 is 10.1 Å². The molecule has 5 heteroatoms. The molecule has 0 aromatic heterocycles. The van der Waals surface area contributed by atoms with Crippen molar-refractivity contribution in [3.8, 4) is 5.75 Å². The first-order valence-electron chi connectivity index (χ1n) is 11.0. The quantitative estimate of drug-likeness (QED) is 0.639. The first-order chi connectivity index (χ1) is 14.6. The van der Waals surface area contributed by atoms with E-state index in [9.17, 15) is 9.59 Å². The highest BCUT2D eigenvalue weighted by Crippen LogP contribution is 2.24. The van der Waals surface area contributed by atoms with E-state index in [1.165, 1.54) is 5.56 Å². The van der Waals surface area contributed by atoms with E-state index in [1.54, 1.807) is 11.8 Å². The molecule has 0 aliphatic heterocycles. The summed E-state index contributed by atoms with van der Waals surface area (Å²) < 4.78 is 5.76. The Morgan fingerprint density at radius 1 is 1.03 bits per heavy atom. The van der Waals surface area contributed by atoms with Gasteiger partial charge in [0.2, 0.25) is 5.91 Å². The first kappa shape index (κ1) is 24.4. The smallest absolute Gasteiger partial charge is 0.261 e. The molecule has 0 fully saturated rings. The summed E-state index contributed by atoms with van der Waals surface area (Å²) in [6, 6.07) is 15.2. The average Bonchev–Trinajstić information content (AvgIpc) is 2.74. The Morgan fingerprint density at radius 3 is 2.19 bits per heavy atom.